The lowest BCUT2D eigenvalue weighted by Crippen LogP contribution is -2.30. The average molecular weight is 432 g/mol. The topological polar surface area (TPSA) is 142 Å². The second-order valence-corrected chi connectivity index (χ2v) is 8.52. The van der Waals surface area contributed by atoms with Crippen molar-refractivity contribution >= 4 is 11.5 Å². The molecule has 4 rings (SSSR count). The highest BCUT2D eigenvalue weighted by molar-refractivity contribution is 5.60. The van der Waals surface area contributed by atoms with Gasteiger partial charge in [0.1, 0.15) is 23.5 Å². The Morgan fingerprint density at radius 2 is 1.62 bits per heavy atom. The molecule has 1 unspecified atom stereocenters. The van der Waals surface area contributed by atoms with Crippen LogP contribution in [0, 0.1) is 21.4 Å². The number of nitro benzene ring substituents is 1. The van der Waals surface area contributed by atoms with Gasteiger partial charge in [-0.3, -0.25) is 10.1 Å². The van der Waals surface area contributed by atoms with Gasteiger partial charge in [0.25, 0.3) is 5.69 Å². The lowest BCUT2D eigenvalue weighted by Gasteiger charge is -2.19. The largest absolute Gasteiger partial charge is 0.383 e. The number of nitriles is 1. The zero-order chi connectivity index (χ0) is 23.4. The van der Waals surface area contributed by atoms with Gasteiger partial charge in [-0.25, -0.2) is 18.8 Å². The zero-order valence-electron chi connectivity index (χ0n) is 17.6. The molecule has 0 aliphatic carbocycles. The van der Waals surface area contributed by atoms with E-state index in [2.05, 4.69) is 20.8 Å². The SMILES string of the molecule is CC(C)(C)c1ccc(-n2c(=O)n3n(c2=O)C(c2ccc([N+](=O)[O-])cc2)C(C#N)=C3N)cc1. The lowest BCUT2D eigenvalue weighted by atomic mass is 9.87. The Morgan fingerprint density at radius 1 is 1.03 bits per heavy atom. The maximum absolute atomic E-state index is 13.3. The average Bonchev–Trinajstić information content (AvgIpc) is 3.19. The second kappa shape index (κ2) is 7.09. The van der Waals surface area contributed by atoms with Gasteiger partial charge in [0.2, 0.25) is 0 Å². The molecule has 162 valence electrons. The fourth-order valence-corrected chi connectivity index (χ4v) is 3.81. The quantitative estimate of drug-likeness (QED) is 0.497. The molecule has 0 saturated heterocycles. The summed E-state index contributed by atoms with van der Waals surface area (Å²) in [5.74, 6) is -0.150. The summed E-state index contributed by atoms with van der Waals surface area (Å²) in [5.41, 5.74) is 6.33. The van der Waals surface area contributed by atoms with Crippen molar-refractivity contribution in [1.82, 2.24) is 13.9 Å². The Hall–Kier alpha value is -4.39. The first kappa shape index (κ1) is 20.9. The third-order valence-electron chi connectivity index (χ3n) is 5.53. The molecule has 1 aliphatic heterocycles. The van der Waals surface area contributed by atoms with Gasteiger partial charge in [-0.2, -0.15) is 9.94 Å². The minimum Gasteiger partial charge on any atom is -0.383 e. The Morgan fingerprint density at radius 3 is 2.12 bits per heavy atom. The summed E-state index contributed by atoms with van der Waals surface area (Å²) in [6.07, 6.45) is 0. The lowest BCUT2D eigenvalue weighted by molar-refractivity contribution is -0.384. The monoisotopic (exact) mass is 432 g/mol. The number of benzene rings is 2. The number of rotatable bonds is 3. The Bertz CT molecular complexity index is 1420. The first-order chi connectivity index (χ1) is 15.1. The Kier molecular flexibility index (Phi) is 4.62. The van der Waals surface area contributed by atoms with E-state index in [1.54, 1.807) is 12.1 Å². The molecule has 0 spiro atoms. The van der Waals surface area contributed by atoms with Crippen LogP contribution in [0.2, 0.25) is 0 Å². The number of hydrogen-bond donors (Lipinski definition) is 1. The van der Waals surface area contributed by atoms with Gasteiger partial charge >= 0.3 is 11.4 Å². The molecule has 10 nitrogen and oxygen atoms in total. The molecule has 2 N–H and O–H groups in total. The summed E-state index contributed by atoms with van der Waals surface area (Å²) in [5, 5.41) is 20.6. The van der Waals surface area contributed by atoms with Crippen LogP contribution in [0.1, 0.15) is 37.9 Å². The van der Waals surface area contributed by atoms with Gasteiger partial charge in [0, 0.05) is 12.1 Å². The van der Waals surface area contributed by atoms with E-state index in [9.17, 15) is 25.0 Å². The van der Waals surface area contributed by atoms with Crippen molar-refractivity contribution in [1.29, 1.82) is 5.26 Å². The minimum atomic E-state index is -0.976. The fourth-order valence-electron chi connectivity index (χ4n) is 3.81. The molecule has 0 saturated carbocycles. The summed E-state index contributed by atoms with van der Waals surface area (Å²) in [6, 6.07) is 13.5. The highest BCUT2D eigenvalue weighted by Gasteiger charge is 2.37. The number of aromatic nitrogens is 3. The molecule has 0 bridgehead atoms. The molecule has 1 aliphatic rings. The number of non-ortho nitro benzene ring substituents is 1. The van der Waals surface area contributed by atoms with E-state index >= 15 is 0 Å². The van der Waals surface area contributed by atoms with Crippen molar-refractivity contribution in [3.05, 3.63) is 96.3 Å². The van der Waals surface area contributed by atoms with Crippen molar-refractivity contribution in [2.45, 2.75) is 32.2 Å². The standard InChI is InChI=1S/C22H20N6O4/c1-22(2,3)14-6-10-15(11-7-14)25-20(29)26-18(13-4-8-16(9-5-13)28(31)32)17(12-23)19(24)27(26)21(25)30/h4-11,18H,24H2,1-3H3. The van der Waals surface area contributed by atoms with Gasteiger partial charge in [0.15, 0.2) is 0 Å². The Balaban J connectivity index is 1.90. The van der Waals surface area contributed by atoms with E-state index in [-0.39, 0.29) is 22.5 Å². The molecule has 1 atom stereocenters. The number of hydrogen-bond acceptors (Lipinski definition) is 6. The molecule has 10 heteroatoms. The van der Waals surface area contributed by atoms with E-state index in [0.29, 0.717) is 11.3 Å². The van der Waals surface area contributed by atoms with Gasteiger partial charge < -0.3 is 5.73 Å². The van der Waals surface area contributed by atoms with Crippen LogP contribution in [-0.4, -0.2) is 18.9 Å². The molecule has 0 amide bonds. The second-order valence-electron chi connectivity index (χ2n) is 8.52. The van der Waals surface area contributed by atoms with Crippen LogP contribution < -0.4 is 17.1 Å². The number of nitrogens with zero attached hydrogens (tertiary/aromatic N) is 5. The summed E-state index contributed by atoms with van der Waals surface area (Å²) >= 11 is 0. The maximum atomic E-state index is 13.3. The highest BCUT2D eigenvalue weighted by atomic mass is 16.6. The normalized spacial score (nSPS) is 15.5. The fraction of sp³-hybridized carbons (Fsp3) is 0.227. The number of allylic oxidation sites excluding steroid dienone is 1. The summed E-state index contributed by atoms with van der Waals surface area (Å²) < 4.78 is 3.07. The molecule has 3 aromatic rings. The number of fused-ring (bicyclic) bond motifs is 1. The van der Waals surface area contributed by atoms with Crippen LogP contribution in [0.3, 0.4) is 0 Å². The van der Waals surface area contributed by atoms with Gasteiger partial charge in [-0.05, 0) is 40.8 Å². The van der Waals surface area contributed by atoms with Crippen LogP contribution in [0.15, 0.2) is 63.7 Å². The molecule has 32 heavy (non-hydrogen) atoms. The zero-order valence-corrected chi connectivity index (χ0v) is 17.6. The summed E-state index contributed by atoms with van der Waals surface area (Å²) in [6.45, 7) is 6.17. The smallest absolute Gasteiger partial charge is 0.358 e. The van der Waals surface area contributed by atoms with E-state index in [1.165, 1.54) is 24.3 Å². The maximum Gasteiger partial charge on any atom is 0.358 e. The van der Waals surface area contributed by atoms with Crippen LogP contribution in [-0.2, 0) is 5.41 Å². The first-order valence-corrected chi connectivity index (χ1v) is 9.78. The van der Waals surface area contributed by atoms with Crippen LogP contribution in [0.5, 0.6) is 0 Å². The van der Waals surface area contributed by atoms with Crippen molar-refractivity contribution in [3.8, 4) is 11.8 Å². The Labute approximate surface area is 182 Å². The van der Waals surface area contributed by atoms with E-state index < -0.39 is 22.3 Å². The van der Waals surface area contributed by atoms with Crippen LogP contribution >= 0.6 is 0 Å². The number of nitro groups is 1. The van der Waals surface area contributed by atoms with E-state index in [0.717, 1.165) is 19.5 Å². The molecule has 2 aromatic carbocycles. The van der Waals surface area contributed by atoms with Crippen LogP contribution in [0.25, 0.3) is 11.5 Å². The first-order valence-electron chi connectivity index (χ1n) is 9.78. The van der Waals surface area contributed by atoms with Crippen LogP contribution in [0.4, 0.5) is 5.69 Å². The predicted octanol–water partition coefficient (Wildman–Crippen LogP) is 2.26. The van der Waals surface area contributed by atoms with Crippen molar-refractivity contribution in [2.75, 3.05) is 0 Å². The summed E-state index contributed by atoms with van der Waals surface area (Å²) in [7, 11) is 0. The molecule has 1 aromatic heterocycles. The summed E-state index contributed by atoms with van der Waals surface area (Å²) in [4.78, 5) is 36.9. The molecular weight excluding hydrogens is 412 g/mol. The molecular formula is C22H20N6O4. The molecule has 0 fully saturated rings. The minimum absolute atomic E-state index is 0.0169. The predicted molar refractivity (Wildman–Crippen MR) is 117 cm³/mol. The molecule has 2 heterocycles. The van der Waals surface area contributed by atoms with Gasteiger partial charge in [-0.15, -0.1) is 0 Å². The van der Waals surface area contributed by atoms with E-state index in [4.69, 9.17) is 5.73 Å². The third-order valence-corrected chi connectivity index (χ3v) is 5.53. The molecule has 0 radical (unpaired) electrons. The van der Waals surface area contributed by atoms with Gasteiger partial charge in [0.05, 0.1) is 10.6 Å². The van der Waals surface area contributed by atoms with Gasteiger partial charge in [-0.1, -0.05) is 32.9 Å². The van der Waals surface area contributed by atoms with Crippen molar-refractivity contribution < 1.29 is 4.92 Å². The van der Waals surface area contributed by atoms with Crippen molar-refractivity contribution in [3.63, 3.8) is 0 Å². The van der Waals surface area contributed by atoms with Crippen molar-refractivity contribution in [2.24, 2.45) is 5.73 Å². The van der Waals surface area contributed by atoms with E-state index in [1.807, 2.05) is 18.2 Å². The highest BCUT2D eigenvalue weighted by Crippen LogP contribution is 2.33. The number of nitrogens with two attached hydrogens (primary N) is 1. The third kappa shape index (κ3) is 3.02.